The summed E-state index contributed by atoms with van der Waals surface area (Å²) in [6.45, 7) is 1.03. The van der Waals surface area contributed by atoms with Gasteiger partial charge in [0.1, 0.15) is 0 Å². The molecule has 1 heterocycles. The Hall–Kier alpha value is -0.440. The van der Waals surface area contributed by atoms with Crippen molar-refractivity contribution in [2.24, 2.45) is 0 Å². The molecule has 15 heavy (non-hydrogen) atoms. The maximum Gasteiger partial charge on any atom is 0.0489 e. The largest absolute Gasteiger partial charge is 0.399 e. The van der Waals surface area contributed by atoms with Gasteiger partial charge in [0.2, 0.25) is 0 Å². The third-order valence-corrected chi connectivity index (χ3v) is 3.39. The predicted molar refractivity (Wildman–Crippen MR) is 65.5 cm³/mol. The Morgan fingerprint density at radius 3 is 2.40 bits per heavy atom. The van der Waals surface area contributed by atoms with E-state index in [2.05, 4.69) is 5.32 Å². The SMILES string of the molecule is Nc1cc(Cl)c(C2CCCCN2)c(Cl)c1. The molecule has 1 unspecified atom stereocenters. The van der Waals surface area contributed by atoms with Gasteiger partial charge in [-0.3, -0.25) is 0 Å². The highest BCUT2D eigenvalue weighted by Gasteiger charge is 2.20. The molecule has 1 aromatic rings. The normalized spacial score (nSPS) is 21.6. The second-order valence-corrected chi connectivity index (χ2v) is 4.72. The molecule has 1 aliphatic heterocycles. The summed E-state index contributed by atoms with van der Waals surface area (Å²) in [7, 11) is 0. The lowest BCUT2D eigenvalue weighted by Crippen LogP contribution is -2.27. The Bertz CT molecular complexity index is 337. The molecule has 0 aliphatic carbocycles. The molecule has 1 fully saturated rings. The minimum atomic E-state index is 0.277. The van der Waals surface area contributed by atoms with Crippen molar-refractivity contribution in [1.29, 1.82) is 0 Å². The van der Waals surface area contributed by atoms with E-state index in [-0.39, 0.29) is 6.04 Å². The second-order valence-electron chi connectivity index (χ2n) is 3.90. The monoisotopic (exact) mass is 244 g/mol. The van der Waals surface area contributed by atoms with Crippen LogP contribution in [0.5, 0.6) is 0 Å². The van der Waals surface area contributed by atoms with Gasteiger partial charge in [-0.1, -0.05) is 29.6 Å². The highest BCUT2D eigenvalue weighted by Crippen LogP contribution is 2.35. The van der Waals surface area contributed by atoms with E-state index in [9.17, 15) is 0 Å². The first kappa shape index (κ1) is 11.1. The van der Waals surface area contributed by atoms with Gasteiger partial charge in [-0.25, -0.2) is 0 Å². The topological polar surface area (TPSA) is 38.0 Å². The van der Waals surface area contributed by atoms with Crippen LogP contribution in [0.25, 0.3) is 0 Å². The third-order valence-electron chi connectivity index (χ3n) is 2.76. The van der Waals surface area contributed by atoms with Crippen molar-refractivity contribution in [3.05, 3.63) is 27.7 Å². The molecule has 4 heteroatoms. The molecule has 2 rings (SSSR count). The van der Waals surface area contributed by atoms with Gasteiger partial charge < -0.3 is 11.1 Å². The van der Waals surface area contributed by atoms with E-state index in [0.29, 0.717) is 15.7 Å². The number of nitrogens with two attached hydrogens (primary N) is 1. The molecule has 0 amide bonds. The van der Waals surface area contributed by atoms with E-state index in [0.717, 1.165) is 18.5 Å². The summed E-state index contributed by atoms with van der Waals surface area (Å²) in [4.78, 5) is 0. The van der Waals surface area contributed by atoms with Crippen molar-refractivity contribution >= 4 is 28.9 Å². The van der Waals surface area contributed by atoms with E-state index in [1.54, 1.807) is 12.1 Å². The van der Waals surface area contributed by atoms with Crippen LogP contribution in [0, 0.1) is 0 Å². The molecule has 0 radical (unpaired) electrons. The van der Waals surface area contributed by atoms with Crippen molar-refractivity contribution in [2.45, 2.75) is 25.3 Å². The maximum absolute atomic E-state index is 6.16. The average molecular weight is 245 g/mol. The van der Waals surface area contributed by atoms with Crippen LogP contribution in [0.2, 0.25) is 10.0 Å². The highest BCUT2D eigenvalue weighted by molar-refractivity contribution is 6.36. The zero-order valence-electron chi connectivity index (χ0n) is 8.39. The molecule has 1 aliphatic rings. The third kappa shape index (κ3) is 2.39. The van der Waals surface area contributed by atoms with Gasteiger partial charge in [0.25, 0.3) is 0 Å². The van der Waals surface area contributed by atoms with Crippen LogP contribution in [0.15, 0.2) is 12.1 Å². The zero-order chi connectivity index (χ0) is 10.8. The maximum atomic E-state index is 6.16. The molecule has 3 N–H and O–H groups in total. The number of rotatable bonds is 1. The van der Waals surface area contributed by atoms with Crippen molar-refractivity contribution in [1.82, 2.24) is 5.32 Å². The average Bonchev–Trinajstić information content (AvgIpc) is 2.17. The molecule has 0 aromatic heterocycles. The molecule has 0 saturated carbocycles. The van der Waals surface area contributed by atoms with Crippen molar-refractivity contribution < 1.29 is 0 Å². The van der Waals surface area contributed by atoms with Crippen LogP contribution in [0.3, 0.4) is 0 Å². The minimum absolute atomic E-state index is 0.277. The Morgan fingerprint density at radius 1 is 1.20 bits per heavy atom. The van der Waals surface area contributed by atoms with Crippen LogP contribution in [0.1, 0.15) is 30.9 Å². The quantitative estimate of drug-likeness (QED) is 0.744. The first-order chi connectivity index (χ1) is 7.18. The number of piperidine rings is 1. The van der Waals surface area contributed by atoms with Gasteiger partial charge in [-0.05, 0) is 31.5 Å². The van der Waals surface area contributed by atoms with Gasteiger partial charge in [-0.15, -0.1) is 0 Å². The van der Waals surface area contributed by atoms with Crippen LogP contribution >= 0.6 is 23.2 Å². The van der Waals surface area contributed by atoms with Gasteiger partial charge in [0, 0.05) is 27.3 Å². The van der Waals surface area contributed by atoms with Gasteiger partial charge in [-0.2, -0.15) is 0 Å². The van der Waals surface area contributed by atoms with Crippen molar-refractivity contribution in [3.8, 4) is 0 Å². The number of hydrogen-bond acceptors (Lipinski definition) is 2. The zero-order valence-corrected chi connectivity index (χ0v) is 9.91. The molecule has 1 atom stereocenters. The molecule has 0 spiro atoms. The fourth-order valence-corrected chi connectivity index (χ4v) is 2.80. The van der Waals surface area contributed by atoms with E-state index < -0.39 is 0 Å². The molecular weight excluding hydrogens is 231 g/mol. The lowest BCUT2D eigenvalue weighted by Gasteiger charge is -2.25. The van der Waals surface area contributed by atoms with Crippen LogP contribution in [-0.4, -0.2) is 6.54 Å². The minimum Gasteiger partial charge on any atom is -0.399 e. The summed E-state index contributed by atoms with van der Waals surface area (Å²) < 4.78 is 0. The van der Waals surface area contributed by atoms with E-state index >= 15 is 0 Å². The van der Waals surface area contributed by atoms with Crippen molar-refractivity contribution in [2.75, 3.05) is 12.3 Å². The summed E-state index contributed by atoms with van der Waals surface area (Å²) in [5.41, 5.74) is 7.28. The first-order valence-corrected chi connectivity index (χ1v) is 5.92. The fraction of sp³-hybridized carbons (Fsp3) is 0.455. The Labute approximate surface area is 99.7 Å². The number of nitrogens with one attached hydrogen (secondary N) is 1. The highest BCUT2D eigenvalue weighted by atomic mass is 35.5. The number of hydrogen-bond donors (Lipinski definition) is 2. The standard InChI is InChI=1S/C11H14Cl2N2/c12-8-5-7(14)6-9(13)11(8)10-3-1-2-4-15-10/h5-6,10,15H,1-4,14H2. The van der Waals surface area contributed by atoms with E-state index in [1.807, 2.05) is 0 Å². The molecular formula is C11H14Cl2N2. The molecule has 1 saturated heterocycles. The molecule has 82 valence electrons. The summed E-state index contributed by atoms with van der Waals surface area (Å²) in [5, 5.41) is 4.76. The lowest BCUT2D eigenvalue weighted by molar-refractivity contribution is 0.412. The lowest BCUT2D eigenvalue weighted by atomic mass is 9.97. The van der Waals surface area contributed by atoms with Crippen molar-refractivity contribution in [3.63, 3.8) is 0 Å². The molecule has 0 bridgehead atoms. The van der Waals surface area contributed by atoms with Gasteiger partial charge in [0.05, 0.1) is 0 Å². The molecule has 2 nitrogen and oxygen atoms in total. The number of halogens is 2. The van der Waals surface area contributed by atoms with E-state index in [4.69, 9.17) is 28.9 Å². The predicted octanol–water partition coefficient (Wildman–Crippen LogP) is 3.39. The second kappa shape index (κ2) is 4.60. The number of benzene rings is 1. The van der Waals surface area contributed by atoms with E-state index in [1.165, 1.54) is 12.8 Å². The summed E-state index contributed by atoms with van der Waals surface area (Å²) >= 11 is 12.3. The Kier molecular flexibility index (Phi) is 3.39. The first-order valence-electron chi connectivity index (χ1n) is 5.16. The number of anilines is 1. The van der Waals surface area contributed by atoms with Gasteiger partial charge in [0.15, 0.2) is 0 Å². The van der Waals surface area contributed by atoms with Crippen LogP contribution < -0.4 is 11.1 Å². The Balaban J connectivity index is 2.33. The van der Waals surface area contributed by atoms with Crippen LogP contribution in [0.4, 0.5) is 5.69 Å². The molecule has 1 aromatic carbocycles. The Morgan fingerprint density at radius 2 is 1.87 bits per heavy atom. The number of nitrogen functional groups attached to an aromatic ring is 1. The fourth-order valence-electron chi connectivity index (χ4n) is 2.04. The smallest absolute Gasteiger partial charge is 0.0489 e. The van der Waals surface area contributed by atoms with Crippen LogP contribution in [-0.2, 0) is 0 Å². The summed E-state index contributed by atoms with van der Waals surface area (Å²) in [6.07, 6.45) is 3.53. The van der Waals surface area contributed by atoms with Gasteiger partial charge >= 0.3 is 0 Å². The summed E-state index contributed by atoms with van der Waals surface area (Å²) in [5.74, 6) is 0. The summed E-state index contributed by atoms with van der Waals surface area (Å²) in [6, 6.07) is 3.80.